The van der Waals surface area contributed by atoms with E-state index < -0.39 is 4.92 Å². The SMILES string of the molecule is O=C(NCC1CCN1C1CCCCC1)c1cc2cc([N+](=O)[O-])ccc2s1. The molecule has 0 bridgehead atoms. The maximum absolute atomic E-state index is 12.5. The van der Waals surface area contributed by atoms with Gasteiger partial charge in [-0.25, -0.2) is 0 Å². The molecule has 1 N–H and O–H groups in total. The van der Waals surface area contributed by atoms with Crippen LogP contribution in [-0.2, 0) is 0 Å². The normalized spacial score (nSPS) is 21.5. The molecule has 7 heteroatoms. The highest BCUT2D eigenvalue weighted by Gasteiger charge is 2.34. The first-order chi connectivity index (χ1) is 12.6. The third-order valence-corrected chi connectivity index (χ3v) is 6.78. The fourth-order valence-electron chi connectivity index (χ4n) is 4.13. The Labute approximate surface area is 156 Å². The molecule has 2 heterocycles. The van der Waals surface area contributed by atoms with Crippen molar-refractivity contribution in [3.63, 3.8) is 0 Å². The molecule has 6 nitrogen and oxygen atoms in total. The van der Waals surface area contributed by atoms with Gasteiger partial charge < -0.3 is 5.32 Å². The summed E-state index contributed by atoms with van der Waals surface area (Å²) in [6, 6.07) is 7.63. The maximum Gasteiger partial charge on any atom is 0.270 e. The number of hydrogen-bond acceptors (Lipinski definition) is 5. The van der Waals surface area contributed by atoms with Gasteiger partial charge in [-0.2, -0.15) is 0 Å². The van der Waals surface area contributed by atoms with Gasteiger partial charge in [0.1, 0.15) is 0 Å². The van der Waals surface area contributed by atoms with Crippen LogP contribution in [-0.4, -0.2) is 40.9 Å². The minimum absolute atomic E-state index is 0.0554. The number of rotatable bonds is 5. The first-order valence-electron chi connectivity index (χ1n) is 9.34. The van der Waals surface area contributed by atoms with E-state index in [9.17, 15) is 14.9 Å². The molecule has 4 rings (SSSR count). The van der Waals surface area contributed by atoms with E-state index in [-0.39, 0.29) is 11.6 Å². The number of hydrogen-bond donors (Lipinski definition) is 1. The Morgan fingerprint density at radius 2 is 2.04 bits per heavy atom. The molecular weight excluding hydrogens is 350 g/mol. The Bertz CT molecular complexity index is 829. The predicted octanol–water partition coefficient (Wildman–Crippen LogP) is 3.95. The number of carbonyl (C=O) groups excluding carboxylic acids is 1. The van der Waals surface area contributed by atoms with E-state index >= 15 is 0 Å². The second kappa shape index (κ2) is 7.32. The van der Waals surface area contributed by atoms with Gasteiger partial charge in [0.05, 0.1) is 9.80 Å². The number of nitro groups is 1. The molecule has 1 amide bonds. The molecule has 1 aliphatic heterocycles. The number of non-ortho nitro benzene ring substituents is 1. The number of likely N-dealkylation sites (tertiary alicyclic amines) is 1. The Morgan fingerprint density at radius 3 is 2.73 bits per heavy atom. The largest absolute Gasteiger partial charge is 0.350 e. The van der Waals surface area contributed by atoms with Crippen molar-refractivity contribution in [2.45, 2.75) is 50.6 Å². The van der Waals surface area contributed by atoms with Gasteiger partial charge >= 0.3 is 0 Å². The molecule has 0 spiro atoms. The van der Waals surface area contributed by atoms with Crippen LogP contribution in [0.15, 0.2) is 24.3 Å². The van der Waals surface area contributed by atoms with Crippen LogP contribution in [0.1, 0.15) is 48.2 Å². The van der Waals surface area contributed by atoms with Gasteiger partial charge in [-0.1, -0.05) is 19.3 Å². The number of amides is 1. The molecule has 1 saturated heterocycles. The third-order valence-electron chi connectivity index (χ3n) is 5.67. The minimum atomic E-state index is -0.409. The number of fused-ring (bicyclic) bond motifs is 1. The maximum atomic E-state index is 12.5. The summed E-state index contributed by atoms with van der Waals surface area (Å²) < 4.78 is 0.897. The van der Waals surface area contributed by atoms with Crippen LogP contribution < -0.4 is 5.32 Å². The van der Waals surface area contributed by atoms with E-state index in [0.29, 0.717) is 23.5 Å². The Balaban J connectivity index is 1.37. The first-order valence-corrected chi connectivity index (χ1v) is 10.2. The summed E-state index contributed by atoms with van der Waals surface area (Å²) in [5.74, 6) is -0.0793. The van der Waals surface area contributed by atoms with Gasteiger partial charge in [-0.3, -0.25) is 19.8 Å². The number of thiophene rings is 1. The molecule has 1 atom stereocenters. The summed E-state index contributed by atoms with van der Waals surface area (Å²) in [4.78, 5) is 26.2. The van der Waals surface area contributed by atoms with Gasteiger partial charge in [0.15, 0.2) is 0 Å². The van der Waals surface area contributed by atoms with Crippen molar-refractivity contribution in [2.24, 2.45) is 0 Å². The summed E-state index contributed by atoms with van der Waals surface area (Å²) >= 11 is 1.38. The highest BCUT2D eigenvalue weighted by atomic mass is 32.1. The van der Waals surface area contributed by atoms with E-state index in [1.54, 1.807) is 12.1 Å². The van der Waals surface area contributed by atoms with Gasteiger partial charge in [-0.05, 0) is 31.4 Å². The molecule has 1 aromatic heterocycles. The van der Waals surface area contributed by atoms with Crippen molar-refractivity contribution in [3.05, 3.63) is 39.3 Å². The van der Waals surface area contributed by atoms with Crippen molar-refractivity contribution in [3.8, 4) is 0 Å². The van der Waals surface area contributed by atoms with E-state index in [1.165, 1.54) is 55.6 Å². The molecular formula is C19H23N3O3S. The van der Waals surface area contributed by atoms with E-state index in [0.717, 1.165) is 23.1 Å². The van der Waals surface area contributed by atoms with Gasteiger partial charge in [0, 0.05) is 47.4 Å². The molecule has 2 aromatic rings. The Morgan fingerprint density at radius 1 is 1.23 bits per heavy atom. The highest BCUT2D eigenvalue weighted by Crippen LogP contribution is 2.31. The number of nitrogens with zero attached hydrogens (tertiary/aromatic N) is 2. The fourth-order valence-corrected chi connectivity index (χ4v) is 5.09. The number of nitro benzene ring substituents is 1. The summed E-state index contributed by atoms with van der Waals surface area (Å²) in [5, 5.41) is 14.7. The Kier molecular flexibility index (Phi) is 4.91. The fraction of sp³-hybridized carbons (Fsp3) is 0.526. The standard InChI is InChI=1S/C19H23N3O3S/c23-19(18-11-13-10-15(22(24)25)6-7-17(13)26-18)20-12-16-8-9-21(16)14-4-2-1-3-5-14/h6-7,10-11,14,16H,1-5,8-9,12H2,(H,20,23). The molecule has 26 heavy (non-hydrogen) atoms. The third kappa shape index (κ3) is 3.46. The molecule has 2 fully saturated rings. The summed E-state index contributed by atoms with van der Waals surface area (Å²) in [6.07, 6.45) is 7.74. The van der Waals surface area contributed by atoms with Crippen molar-refractivity contribution in [2.75, 3.05) is 13.1 Å². The number of benzene rings is 1. The molecule has 1 unspecified atom stereocenters. The lowest BCUT2D eigenvalue weighted by atomic mass is 9.89. The average molecular weight is 373 g/mol. The van der Waals surface area contributed by atoms with Crippen molar-refractivity contribution in [1.82, 2.24) is 10.2 Å². The van der Waals surface area contributed by atoms with Gasteiger partial charge in [0.25, 0.3) is 11.6 Å². The lowest BCUT2D eigenvalue weighted by Crippen LogP contribution is -2.57. The first kappa shape index (κ1) is 17.4. The van der Waals surface area contributed by atoms with Crippen LogP contribution in [0.3, 0.4) is 0 Å². The molecule has 1 saturated carbocycles. The quantitative estimate of drug-likeness (QED) is 0.636. The second-order valence-corrected chi connectivity index (χ2v) is 8.36. The highest BCUT2D eigenvalue weighted by molar-refractivity contribution is 7.20. The van der Waals surface area contributed by atoms with Crippen molar-refractivity contribution in [1.29, 1.82) is 0 Å². The predicted molar refractivity (Wildman–Crippen MR) is 103 cm³/mol. The van der Waals surface area contributed by atoms with Crippen LogP contribution in [0.5, 0.6) is 0 Å². The minimum Gasteiger partial charge on any atom is -0.350 e. The summed E-state index contributed by atoms with van der Waals surface area (Å²) in [6.45, 7) is 1.83. The van der Waals surface area contributed by atoms with Crippen LogP contribution in [0.25, 0.3) is 10.1 Å². The topological polar surface area (TPSA) is 75.5 Å². The van der Waals surface area contributed by atoms with Crippen LogP contribution in [0.4, 0.5) is 5.69 Å². The molecule has 1 aliphatic carbocycles. The molecule has 0 radical (unpaired) electrons. The van der Waals surface area contributed by atoms with Crippen LogP contribution >= 0.6 is 11.3 Å². The van der Waals surface area contributed by atoms with Crippen molar-refractivity contribution >= 4 is 33.0 Å². The van der Waals surface area contributed by atoms with Crippen molar-refractivity contribution < 1.29 is 9.72 Å². The molecule has 2 aliphatic rings. The zero-order valence-corrected chi connectivity index (χ0v) is 15.5. The Hall–Kier alpha value is -1.99. The van der Waals surface area contributed by atoms with Gasteiger partial charge in [-0.15, -0.1) is 11.3 Å². The smallest absolute Gasteiger partial charge is 0.270 e. The van der Waals surface area contributed by atoms with E-state index in [1.807, 2.05) is 0 Å². The summed E-state index contributed by atoms with van der Waals surface area (Å²) in [7, 11) is 0. The summed E-state index contributed by atoms with van der Waals surface area (Å²) in [5.41, 5.74) is 0.0554. The molecule has 138 valence electrons. The van der Waals surface area contributed by atoms with Crippen LogP contribution in [0, 0.1) is 10.1 Å². The zero-order valence-electron chi connectivity index (χ0n) is 14.6. The second-order valence-electron chi connectivity index (χ2n) is 7.27. The molecule has 1 aromatic carbocycles. The average Bonchev–Trinajstić information content (AvgIpc) is 3.05. The monoisotopic (exact) mass is 373 g/mol. The zero-order chi connectivity index (χ0) is 18.1. The van der Waals surface area contributed by atoms with E-state index in [4.69, 9.17) is 0 Å². The van der Waals surface area contributed by atoms with Crippen LogP contribution in [0.2, 0.25) is 0 Å². The number of nitrogens with one attached hydrogen (secondary N) is 1. The lowest BCUT2D eigenvalue weighted by Gasteiger charge is -2.47. The lowest BCUT2D eigenvalue weighted by molar-refractivity contribution is -0.384. The number of carbonyl (C=O) groups is 1. The van der Waals surface area contributed by atoms with Gasteiger partial charge in [0.2, 0.25) is 0 Å². The van der Waals surface area contributed by atoms with E-state index in [2.05, 4.69) is 10.2 Å².